The SMILES string of the molecule is COc1cc(NC(=O)C2CC2C(=O)N(C)c2ccccc2)cc(OC)c1OC. The highest BCUT2D eigenvalue weighted by atomic mass is 16.5. The van der Waals surface area contributed by atoms with Crippen molar-refractivity contribution in [3.05, 3.63) is 42.5 Å². The largest absolute Gasteiger partial charge is 0.493 e. The van der Waals surface area contributed by atoms with Crippen LogP contribution in [0.4, 0.5) is 11.4 Å². The van der Waals surface area contributed by atoms with Gasteiger partial charge in [-0.15, -0.1) is 0 Å². The van der Waals surface area contributed by atoms with E-state index in [1.807, 2.05) is 30.3 Å². The van der Waals surface area contributed by atoms with Crippen LogP contribution in [0.1, 0.15) is 6.42 Å². The first-order chi connectivity index (χ1) is 13.5. The molecule has 1 fully saturated rings. The molecule has 3 rings (SSSR count). The van der Waals surface area contributed by atoms with E-state index >= 15 is 0 Å². The van der Waals surface area contributed by atoms with Gasteiger partial charge in [-0.1, -0.05) is 18.2 Å². The summed E-state index contributed by atoms with van der Waals surface area (Å²) in [4.78, 5) is 26.8. The second-order valence-corrected chi connectivity index (χ2v) is 6.58. The van der Waals surface area contributed by atoms with Crippen LogP contribution in [0.15, 0.2) is 42.5 Å². The lowest BCUT2D eigenvalue weighted by atomic mass is 10.2. The average molecular weight is 384 g/mol. The molecule has 2 atom stereocenters. The summed E-state index contributed by atoms with van der Waals surface area (Å²) in [5.74, 6) is 0.427. The molecule has 7 nitrogen and oxygen atoms in total. The van der Waals surface area contributed by atoms with Crippen LogP contribution in [-0.2, 0) is 9.59 Å². The zero-order chi connectivity index (χ0) is 20.3. The molecule has 1 aliphatic rings. The smallest absolute Gasteiger partial charge is 0.230 e. The van der Waals surface area contributed by atoms with Gasteiger partial charge in [0, 0.05) is 30.6 Å². The number of nitrogens with one attached hydrogen (secondary N) is 1. The summed E-state index contributed by atoms with van der Waals surface area (Å²) in [7, 11) is 6.27. The van der Waals surface area contributed by atoms with Gasteiger partial charge in [-0.25, -0.2) is 0 Å². The second-order valence-electron chi connectivity index (χ2n) is 6.58. The van der Waals surface area contributed by atoms with E-state index in [-0.39, 0.29) is 23.7 Å². The van der Waals surface area contributed by atoms with Gasteiger partial charge in [-0.2, -0.15) is 0 Å². The number of nitrogens with zero attached hydrogens (tertiary/aromatic N) is 1. The fourth-order valence-electron chi connectivity index (χ4n) is 3.17. The number of rotatable bonds is 7. The summed E-state index contributed by atoms with van der Waals surface area (Å²) < 4.78 is 15.9. The van der Waals surface area contributed by atoms with Crippen molar-refractivity contribution in [3.63, 3.8) is 0 Å². The van der Waals surface area contributed by atoms with E-state index in [9.17, 15) is 9.59 Å². The lowest BCUT2D eigenvalue weighted by molar-refractivity contribution is -0.123. The van der Waals surface area contributed by atoms with Crippen molar-refractivity contribution in [3.8, 4) is 17.2 Å². The Bertz CT molecular complexity index is 843. The highest BCUT2D eigenvalue weighted by molar-refractivity contribution is 6.04. The van der Waals surface area contributed by atoms with Gasteiger partial charge in [0.1, 0.15) is 0 Å². The summed E-state index contributed by atoms with van der Waals surface area (Å²) in [6, 6.07) is 12.7. The fraction of sp³-hybridized carbons (Fsp3) is 0.333. The van der Waals surface area contributed by atoms with E-state index in [1.54, 1.807) is 24.1 Å². The van der Waals surface area contributed by atoms with Crippen LogP contribution < -0.4 is 24.4 Å². The van der Waals surface area contributed by atoms with Gasteiger partial charge in [-0.3, -0.25) is 9.59 Å². The second kappa shape index (κ2) is 8.21. The Balaban J connectivity index is 1.67. The van der Waals surface area contributed by atoms with E-state index in [4.69, 9.17) is 14.2 Å². The molecular weight excluding hydrogens is 360 g/mol. The normalized spacial score (nSPS) is 17.4. The van der Waals surface area contributed by atoms with Crippen molar-refractivity contribution in [1.82, 2.24) is 0 Å². The minimum atomic E-state index is -0.349. The van der Waals surface area contributed by atoms with Crippen molar-refractivity contribution in [1.29, 1.82) is 0 Å². The number of hydrogen-bond donors (Lipinski definition) is 1. The molecule has 0 heterocycles. The molecule has 2 aromatic rings. The molecule has 2 unspecified atom stereocenters. The van der Waals surface area contributed by atoms with Crippen LogP contribution >= 0.6 is 0 Å². The van der Waals surface area contributed by atoms with Gasteiger partial charge < -0.3 is 24.4 Å². The molecule has 1 N–H and O–H groups in total. The third-order valence-corrected chi connectivity index (χ3v) is 4.85. The molecule has 1 saturated carbocycles. The third-order valence-electron chi connectivity index (χ3n) is 4.85. The van der Waals surface area contributed by atoms with E-state index in [2.05, 4.69) is 5.32 Å². The van der Waals surface area contributed by atoms with Gasteiger partial charge in [-0.05, 0) is 18.6 Å². The number of ether oxygens (including phenoxy) is 3. The molecule has 0 saturated heterocycles. The molecule has 148 valence electrons. The maximum absolute atomic E-state index is 12.6. The first kappa shape index (κ1) is 19.5. The Morgan fingerprint density at radius 2 is 1.57 bits per heavy atom. The lowest BCUT2D eigenvalue weighted by Crippen LogP contribution is -2.29. The fourth-order valence-corrected chi connectivity index (χ4v) is 3.17. The van der Waals surface area contributed by atoms with Crippen molar-refractivity contribution in [2.75, 3.05) is 38.6 Å². The first-order valence-corrected chi connectivity index (χ1v) is 8.93. The van der Waals surface area contributed by atoms with Crippen LogP contribution in [0, 0.1) is 11.8 Å². The number of anilines is 2. The number of carbonyl (C=O) groups is 2. The van der Waals surface area contributed by atoms with E-state index in [1.165, 1.54) is 21.3 Å². The summed E-state index contributed by atoms with van der Waals surface area (Å²) >= 11 is 0. The number of benzene rings is 2. The van der Waals surface area contributed by atoms with Gasteiger partial charge in [0.2, 0.25) is 17.6 Å². The molecule has 28 heavy (non-hydrogen) atoms. The number of methoxy groups -OCH3 is 3. The Hall–Kier alpha value is -3.22. The topological polar surface area (TPSA) is 77.1 Å². The molecule has 1 aliphatic carbocycles. The number of hydrogen-bond acceptors (Lipinski definition) is 5. The van der Waals surface area contributed by atoms with Crippen molar-refractivity contribution in [2.24, 2.45) is 11.8 Å². The summed E-state index contributed by atoms with van der Waals surface area (Å²) in [5.41, 5.74) is 1.33. The van der Waals surface area contributed by atoms with Crippen molar-refractivity contribution < 1.29 is 23.8 Å². The molecule has 0 spiro atoms. The Labute approximate surface area is 164 Å². The van der Waals surface area contributed by atoms with Gasteiger partial charge in [0.05, 0.1) is 33.2 Å². The van der Waals surface area contributed by atoms with Gasteiger partial charge >= 0.3 is 0 Å². The summed E-state index contributed by atoms with van der Waals surface area (Å²) in [5, 5.41) is 2.84. The summed E-state index contributed by atoms with van der Waals surface area (Å²) in [6.45, 7) is 0. The minimum absolute atomic E-state index is 0.0590. The quantitative estimate of drug-likeness (QED) is 0.794. The molecule has 2 aromatic carbocycles. The molecule has 7 heteroatoms. The predicted molar refractivity (Wildman–Crippen MR) is 106 cm³/mol. The van der Waals surface area contributed by atoms with Crippen molar-refractivity contribution in [2.45, 2.75) is 6.42 Å². The monoisotopic (exact) mass is 384 g/mol. The van der Waals surface area contributed by atoms with Crippen molar-refractivity contribution >= 4 is 23.2 Å². The van der Waals surface area contributed by atoms with E-state index < -0.39 is 0 Å². The summed E-state index contributed by atoms with van der Waals surface area (Å²) in [6.07, 6.45) is 0.534. The molecule has 0 bridgehead atoms. The maximum atomic E-state index is 12.6. The van der Waals surface area contributed by atoms with E-state index in [0.717, 1.165) is 5.69 Å². The third kappa shape index (κ3) is 3.88. The Kier molecular flexibility index (Phi) is 5.73. The molecular formula is C21H24N2O5. The zero-order valence-corrected chi connectivity index (χ0v) is 16.4. The van der Waals surface area contributed by atoms with Gasteiger partial charge in [0.15, 0.2) is 11.5 Å². The van der Waals surface area contributed by atoms with Crippen LogP contribution in [0.2, 0.25) is 0 Å². The minimum Gasteiger partial charge on any atom is -0.493 e. The average Bonchev–Trinajstić information content (AvgIpc) is 3.53. The van der Waals surface area contributed by atoms with Crippen LogP contribution in [-0.4, -0.2) is 40.2 Å². The molecule has 0 aromatic heterocycles. The zero-order valence-electron chi connectivity index (χ0n) is 16.4. The highest BCUT2D eigenvalue weighted by Crippen LogP contribution is 2.43. The van der Waals surface area contributed by atoms with Gasteiger partial charge in [0.25, 0.3) is 0 Å². The predicted octanol–water partition coefficient (Wildman–Crippen LogP) is 2.95. The number of para-hydroxylation sites is 1. The molecule has 2 amide bonds. The number of amides is 2. The van der Waals surface area contributed by atoms with Crippen LogP contribution in [0.3, 0.4) is 0 Å². The maximum Gasteiger partial charge on any atom is 0.230 e. The highest BCUT2D eigenvalue weighted by Gasteiger charge is 2.49. The molecule has 0 aliphatic heterocycles. The number of carbonyl (C=O) groups excluding carboxylic acids is 2. The van der Waals surface area contributed by atoms with Crippen LogP contribution in [0.5, 0.6) is 17.2 Å². The lowest BCUT2D eigenvalue weighted by Gasteiger charge is -2.17. The molecule has 0 radical (unpaired) electrons. The Morgan fingerprint density at radius 3 is 2.11 bits per heavy atom. The Morgan fingerprint density at radius 1 is 0.964 bits per heavy atom. The van der Waals surface area contributed by atoms with E-state index in [0.29, 0.717) is 29.4 Å². The van der Waals surface area contributed by atoms with Crippen LogP contribution in [0.25, 0.3) is 0 Å². The standard InChI is InChI=1S/C21H24N2O5/c1-23(14-8-6-5-7-9-14)21(25)16-12-15(16)20(24)22-13-10-17(26-2)19(28-4)18(11-13)27-3/h5-11,15-16H,12H2,1-4H3,(H,22,24). The first-order valence-electron chi connectivity index (χ1n) is 8.93.